The number of nitrogens with zero attached hydrogens (tertiary/aromatic N) is 2. The number of benzene rings is 1. The van der Waals surface area contributed by atoms with Crippen molar-refractivity contribution < 1.29 is 31.8 Å². The Labute approximate surface area is 148 Å². The van der Waals surface area contributed by atoms with Gasteiger partial charge in [-0.05, 0) is 19.2 Å². The molecule has 2 aliphatic heterocycles. The molecule has 2 aliphatic rings. The number of fused-ring (bicyclic) bond motifs is 3. The third-order valence-electron chi connectivity index (χ3n) is 4.65. The number of amides is 1. The smallest absolute Gasteiger partial charge is 0.427 e. The first-order valence-corrected chi connectivity index (χ1v) is 8.29. The summed E-state index contributed by atoms with van der Waals surface area (Å²) in [5.41, 5.74) is -0.156. The standard InChI is InChI=1S/C17H20F4N2O3/c1-22-6-11-7-23(8-12(22)10-25-9-11)15(24)13-4-2-3-5-14(13)26-17(20,21)16(18)19/h2-5,11-12,16H,6-10H2,1H3/t11-,12+/m1/s1. The fraction of sp³-hybridized carbons (Fsp3) is 0.588. The Morgan fingerprint density at radius 3 is 2.69 bits per heavy atom. The van der Waals surface area contributed by atoms with Gasteiger partial charge in [-0.3, -0.25) is 9.69 Å². The monoisotopic (exact) mass is 376 g/mol. The van der Waals surface area contributed by atoms with E-state index >= 15 is 0 Å². The Hall–Kier alpha value is -1.87. The highest BCUT2D eigenvalue weighted by molar-refractivity contribution is 5.97. The Morgan fingerprint density at radius 1 is 1.23 bits per heavy atom. The second-order valence-electron chi connectivity index (χ2n) is 6.67. The van der Waals surface area contributed by atoms with Gasteiger partial charge in [0, 0.05) is 25.6 Å². The summed E-state index contributed by atoms with van der Waals surface area (Å²) >= 11 is 0. The maximum atomic E-state index is 13.3. The van der Waals surface area contributed by atoms with Crippen LogP contribution >= 0.6 is 0 Å². The summed E-state index contributed by atoms with van der Waals surface area (Å²) in [5.74, 6) is -0.980. The lowest BCUT2D eigenvalue weighted by Crippen LogP contribution is -2.45. The first-order valence-electron chi connectivity index (χ1n) is 8.29. The van der Waals surface area contributed by atoms with Crippen LogP contribution in [-0.2, 0) is 4.74 Å². The molecule has 1 aromatic carbocycles. The number of carbonyl (C=O) groups is 1. The lowest BCUT2D eigenvalue weighted by atomic mass is 10.1. The topological polar surface area (TPSA) is 42.0 Å². The van der Waals surface area contributed by atoms with Crippen molar-refractivity contribution in [2.75, 3.05) is 39.9 Å². The van der Waals surface area contributed by atoms with Gasteiger partial charge in [-0.1, -0.05) is 12.1 Å². The Bertz CT molecular complexity index is 659. The lowest BCUT2D eigenvalue weighted by Gasteiger charge is -2.30. The molecular weight excluding hydrogens is 356 g/mol. The molecule has 2 atom stereocenters. The number of likely N-dealkylation sites (N-methyl/N-ethyl adjacent to an activating group) is 1. The molecule has 0 aromatic heterocycles. The van der Waals surface area contributed by atoms with E-state index in [1.165, 1.54) is 18.2 Å². The van der Waals surface area contributed by atoms with Gasteiger partial charge < -0.3 is 14.4 Å². The van der Waals surface area contributed by atoms with Gasteiger partial charge in [0.2, 0.25) is 0 Å². The Balaban J connectivity index is 1.84. The summed E-state index contributed by atoms with van der Waals surface area (Å²) in [6.45, 7) is 2.51. The van der Waals surface area contributed by atoms with Gasteiger partial charge in [-0.2, -0.15) is 17.6 Å². The van der Waals surface area contributed by atoms with Crippen LogP contribution in [0.1, 0.15) is 10.4 Å². The van der Waals surface area contributed by atoms with Crippen molar-refractivity contribution in [2.45, 2.75) is 18.6 Å². The number of hydrogen-bond acceptors (Lipinski definition) is 4. The maximum absolute atomic E-state index is 13.3. The summed E-state index contributed by atoms with van der Waals surface area (Å²) < 4.78 is 61.3. The van der Waals surface area contributed by atoms with Crippen LogP contribution < -0.4 is 4.74 Å². The fourth-order valence-electron chi connectivity index (χ4n) is 3.31. The van der Waals surface area contributed by atoms with Crippen LogP contribution in [0.4, 0.5) is 17.6 Å². The van der Waals surface area contributed by atoms with Crippen molar-refractivity contribution in [3.63, 3.8) is 0 Å². The third-order valence-corrected chi connectivity index (χ3v) is 4.65. The molecule has 2 bridgehead atoms. The summed E-state index contributed by atoms with van der Waals surface area (Å²) in [5, 5.41) is 0. The molecule has 26 heavy (non-hydrogen) atoms. The minimum atomic E-state index is -4.67. The predicted octanol–water partition coefficient (Wildman–Crippen LogP) is 2.33. The average Bonchev–Trinajstić information content (AvgIpc) is 2.82. The molecule has 1 amide bonds. The molecule has 0 aliphatic carbocycles. The average molecular weight is 376 g/mol. The van der Waals surface area contributed by atoms with E-state index in [0.717, 1.165) is 12.6 Å². The fourth-order valence-corrected chi connectivity index (χ4v) is 3.31. The second kappa shape index (κ2) is 7.40. The maximum Gasteiger partial charge on any atom is 0.461 e. The molecule has 0 N–H and O–H groups in total. The van der Waals surface area contributed by atoms with Crippen molar-refractivity contribution in [1.82, 2.24) is 9.80 Å². The van der Waals surface area contributed by atoms with E-state index in [0.29, 0.717) is 26.3 Å². The highest BCUT2D eigenvalue weighted by atomic mass is 19.3. The van der Waals surface area contributed by atoms with E-state index in [-0.39, 0.29) is 17.5 Å². The van der Waals surface area contributed by atoms with Gasteiger partial charge in [0.15, 0.2) is 0 Å². The molecule has 2 fully saturated rings. The minimum Gasteiger partial charge on any atom is -0.427 e. The summed E-state index contributed by atoms with van der Waals surface area (Å²) in [6, 6.07) is 5.22. The first-order chi connectivity index (χ1) is 12.3. The van der Waals surface area contributed by atoms with E-state index < -0.39 is 24.2 Å². The van der Waals surface area contributed by atoms with Crippen LogP contribution in [-0.4, -0.2) is 74.2 Å². The molecule has 2 saturated heterocycles. The largest absolute Gasteiger partial charge is 0.461 e. The number of rotatable bonds is 4. The predicted molar refractivity (Wildman–Crippen MR) is 84.7 cm³/mol. The van der Waals surface area contributed by atoms with E-state index in [1.54, 1.807) is 4.90 Å². The number of ether oxygens (including phenoxy) is 2. The zero-order chi connectivity index (χ0) is 18.9. The molecule has 0 unspecified atom stereocenters. The number of halogens is 4. The van der Waals surface area contributed by atoms with Crippen LogP contribution in [0, 0.1) is 5.92 Å². The van der Waals surface area contributed by atoms with Crippen molar-refractivity contribution in [3.05, 3.63) is 29.8 Å². The van der Waals surface area contributed by atoms with Crippen LogP contribution in [0.15, 0.2) is 24.3 Å². The Kier molecular flexibility index (Phi) is 5.38. The third kappa shape index (κ3) is 3.93. The SMILES string of the molecule is CN1C[C@H]2COC[C@@H]1CN(C(=O)c1ccccc1OC(F)(F)C(F)F)C2. The second-order valence-corrected chi connectivity index (χ2v) is 6.67. The quantitative estimate of drug-likeness (QED) is 0.757. The van der Waals surface area contributed by atoms with Crippen molar-refractivity contribution >= 4 is 5.91 Å². The van der Waals surface area contributed by atoms with Gasteiger partial charge in [-0.25, -0.2) is 0 Å². The van der Waals surface area contributed by atoms with Gasteiger partial charge in [0.05, 0.1) is 24.8 Å². The molecule has 9 heteroatoms. The van der Waals surface area contributed by atoms with Crippen LogP contribution in [0.2, 0.25) is 0 Å². The molecule has 0 radical (unpaired) electrons. The molecule has 144 valence electrons. The lowest BCUT2D eigenvalue weighted by molar-refractivity contribution is -0.253. The van der Waals surface area contributed by atoms with Crippen LogP contribution in [0.5, 0.6) is 5.75 Å². The number of alkyl halides is 4. The summed E-state index contributed by atoms with van der Waals surface area (Å²) in [7, 11) is 1.95. The van der Waals surface area contributed by atoms with E-state index in [4.69, 9.17) is 4.74 Å². The zero-order valence-electron chi connectivity index (χ0n) is 14.2. The van der Waals surface area contributed by atoms with Crippen molar-refractivity contribution in [1.29, 1.82) is 0 Å². The Morgan fingerprint density at radius 2 is 1.96 bits per heavy atom. The number of carbonyl (C=O) groups excluding carboxylic acids is 1. The summed E-state index contributed by atoms with van der Waals surface area (Å²) in [6.07, 6.45) is -8.66. The van der Waals surface area contributed by atoms with Crippen molar-refractivity contribution in [2.24, 2.45) is 5.92 Å². The summed E-state index contributed by atoms with van der Waals surface area (Å²) in [4.78, 5) is 16.6. The van der Waals surface area contributed by atoms with E-state index in [1.807, 2.05) is 7.05 Å². The van der Waals surface area contributed by atoms with Crippen LogP contribution in [0.25, 0.3) is 0 Å². The molecule has 5 nitrogen and oxygen atoms in total. The minimum absolute atomic E-state index is 0.0120. The first kappa shape index (κ1) is 18.9. The van der Waals surface area contributed by atoms with Crippen molar-refractivity contribution in [3.8, 4) is 5.75 Å². The highest BCUT2D eigenvalue weighted by Crippen LogP contribution is 2.31. The molecule has 0 spiro atoms. The molecule has 0 saturated carbocycles. The molecule has 1 aromatic rings. The molecular formula is C17H20F4N2O3. The van der Waals surface area contributed by atoms with Crippen LogP contribution in [0.3, 0.4) is 0 Å². The molecule has 2 heterocycles. The number of hydrogen-bond donors (Lipinski definition) is 0. The van der Waals surface area contributed by atoms with Gasteiger partial charge in [-0.15, -0.1) is 0 Å². The zero-order valence-corrected chi connectivity index (χ0v) is 14.2. The van der Waals surface area contributed by atoms with Gasteiger partial charge in [0.1, 0.15) is 5.75 Å². The van der Waals surface area contributed by atoms with E-state index in [9.17, 15) is 22.4 Å². The van der Waals surface area contributed by atoms with Gasteiger partial charge >= 0.3 is 12.5 Å². The highest BCUT2D eigenvalue weighted by Gasteiger charge is 2.45. The number of para-hydroxylation sites is 1. The molecule has 3 rings (SSSR count). The normalized spacial score (nSPS) is 24.5. The van der Waals surface area contributed by atoms with Gasteiger partial charge in [0.25, 0.3) is 5.91 Å². The van der Waals surface area contributed by atoms with E-state index in [2.05, 4.69) is 9.64 Å².